The number of hydrogen-bond acceptors (Lipinski definition) is 4. The molecule has 0 fully saturated rings. The van der Waals surface area contributed by atoms with Crippen LogP contribution in [0.5, 0.6) is 0 Å². The number of nitrogen functional groups attached to an aromatic ring is 1. The van der Waals surface area contributed by atoms with Gasteiger partial charge in [-0.1, -0.05) is 51.0 Å². The molecule has 0 radical (unpaired) electrons. The molecule has 0 spiro atoms. The van der Waals surface area contributed by atoms with Crippen LogP contribution in [-0.4, -0.2) is 15.0 Å². The fraction of sp³-hybridized carbons (Fsp3) is 0.350. The summed E-state index contributed by atoms with van der Waals surface area (Å²) in [6, 6.07) is 12.7. The van der Waals surface area contributed by atoms with Gasteiger partial charge in [-0.25, -0.2) is 15.0 Å². The van der Waals surface area contributed by atoms with Crippen molar-refractivity contribution in [2.24, 2.45) is 0 Å². The third-order valence-electron chi connectivity index (χ3n) is 4.19. The number of fused-ring (bicyclic) bond motifs is 1. The Labute approximate surface area is 143 Å². The van der Waals surface area contributed by atoms with E-state index in [0.717, 1.165) is 47.2 Å². The lowest BCUT2D eigenvalue weighted by Crippen LogP contribution is -2.02. The van der Waals surface area contributed by atoms with E-state index in [-0.39, 0.29) is 0 Å². The van der Waals surface area contributed by atoms with Gasteiger partial charge in [0.15, 0.2) is 0 Å². The summed E-state index contributed by atoms with van der Waals surface area (Å²) in [5, 5.41) is 0. The molecular weight excluding hydrogens is 296 g/mol. The highest BCUT2D eigenvalue weighted by atomic mass is 15.0. The van der Waals surface area contributed by atoms with Gasteiger partial charge in [0.2, 0.25) is 5.95 Å². The Balaban J connectivity index is 1.97. The first-order valence-corrected chi connectivity index (χ1v) is 8.73. The standard InChI is InChI=1S/C20H24N4/c1-3-5-7-14-8-10-15(11-9-14)16-12-13-18-19(22-16)17(6-4-2)23-20(21)24-18/h8-13H,3-7H2,1-2H3,(H2,21,23,24). The van der Waals surface area contributed by atoms with Gasteiger partial charge in [0.05, 0.1) is 16.9 Å². The molecule has 3 rings (SSSR count). The lowest BCUT2D eigenvalue weighted by Gasteiger charge is -2.08. The number of pyridine rings is 1. The molecule has 2 heterocycles. The minimum absolute atomic E-state index is 0.320. The van der Waals surface area contributed by atoms with E-state index in [1.165, 1.54) is 18.4 Å². The summed E-state index contributed by atoms with van der Waals surface area (Å²) in [4.78, 5) is 13.5. The summed E-state index contributed by atoms with van der Waals surface area (Å²) < 4.78 is 0. The van der Waals surface area contributed by atoms with Crippen LogP contribution >= 0.6 is 0 Å². The van der Waals surface area contributed by atoms with Gasteiger partial charge in [0.1, 0.15) is 5.52 Å². The number of rotatable bonds is 6. The van der Waals surface area contributed by atoms with Crippen LogP contribution in [0.15, 0.2) is 36.4 Å². The molecule has 3 aromatic rings. The second-order valence-electron chi connectivity index (χ2n) is 6.14. The van der Waals surface area contributed by atoms with Crippen LogP contribution < -0.4 is 5.73 Å². The number of aryl methyl sites for hydroxylation is 2. The quantitative estimate of drug-likeness (QED) is 0.722. The van der Waals surface area contributed by atoms with Gasteiger partial charge in [0, 0.05) is 5.56 Å². The molecule has 0 aliphatic heterocycles. The Kier molecular flexibility index (Phi) is 5.04. The molecule has 4 heteroatoms. The first kappa shape index (κ1) is 16.4. The summed E-state index contributed by atoms with van der Waals surface area (Å²) in [6.07, 6.45) is 5.44. The Morgan fingerprint density at radius 1 is 0.833 bits per heavy atom. The molecule has 0 aliphatic carbocycles. The number of nitrogens with two attached hydrogens (primary N) is 1. The molecule has 124 valence electrons. The second-order valence-corrected chi connectivity index (χ2v) is 6.14. The van der Waals surface area contributed by atoms with Crippen LogP contribution in [0.3, 0.4) is 0 Å². The third kappa shape index (κ3) is 3.53. The SMILES string of the molecule is CCCCc1ccc(-c2ccc3nc(N)nc(CCC)c3n2)cc1. The second kappa shape index (κ2) is 7.39. The van der Waals surface area contributed by atoms with Crippen molar-refractivity contribution in [1.29, 1.82) is 0 Å². The average molecular weight is 320 g/mol. The highest BCUT2D eigenvalue weighted by molar-refractivity contribution is 5.80. The van der Waals surface area contributed by atoms with Gasteiger partial charge in [-0.2, -0.15) is 0 Å². The van der Waals surface area contributed by atoms with Crippen LogP contribution in [0, 0.1) is 0 Å². The van der Waals surface area contributed by atoms with E-state index in [0.29, 0.717) is 5.95 Å². The van der Waals surface area contributed by atoms with E-state index in [2.05, 4.69) is 48.1 Å². The lowest BCUT2D eigenvalue weighted by molar-refractivity contribution is 0.795. The molecule has 4 nitrogen and oxygen atoms in total. The first-order chi connectivity index (χ1) is 11.7. The molecule has 0 saturated carbocycles. The Hall–Kier alpha value is -2.49. The van der Waals surface area contributed by atoms with Crippen LogP contribution in [0.2, 0.25) is 0 Å². The van der Waals surface area contributed by atoms with Crippen LogP contribution in [0.25, 0.3) is 22.3 Å². The summed E-state index contributed by atoms with van der Waals surface area (Å²) in [7, 11) is 0. The van der Waals surface area contributed by atoms with Gasteiger partial charge in [0.25, 0.3) is 0 Å². The minimum Gasteiger partial charge on any atom is -0.368 e. The molecule has 0 unspecified atom stereocenters. The zero-order chi connectivity index (χ0) is 16.9. The van der Waals surface area contributed by atoms with E-state index >= 15 is 0 Å². The van der Waals surface area contributed by atoms with Gasteiger partial charge < -0.3 is 5.73 Å². The molecule has 2 N–H and O–H groups in total. The Morgan fingerprint density at radius 2 is 1.62 bits per heavy atom. The van der Waals surface area contributed by atoms with Crippen molar-refractivity contribution < 1.29 is 0 Å². The third-order valence-corrected chi connectivity index (χ3v) is 4.19. The zero-order valence-corrected chi connectivity index (χ0v) is 14.4. The van der Waals surface area contributed by atoms with E-state index in [1.54, 1.807) is 0 Å². The number of anilines is 1. The van der Waals surface area contributed by atoms with Crippen LogP contribution in [-0.2, 0) is 12.8 Å². The molecule has 0 saturated heterocycles. The highest BCUT2D eigenvalue weighted by Gasteiger charge is 2.09. The van der Waals surface area contributed by atoms with Gasteiger partial charge in [-0.3, -0.25) is 0 Å². The number of nitrogens with zero attached hydrogens (tertiary/aromatic N) is 3. The smallest absolute Gasteiger partial charge is 0.220 e. The van der Waals surface area contributed by atoms with Crippen molar-refractivity contribution >= 4 is 17.0 Å². The van der Waals surface area contributed by atoms with E-state index in [4.69, 9.17) is 10.7 Å². The van der Waals surface area contributed by atoms with Gasteiger partial charge >= 0.3 is 0 Å². The zero-order valence-electron chi connectivity index (χ0n) is 14.4. The molecule has 0 atom stereocenters. The van der Waals surface area contributed by atoms with Crippen molar-refractivity contribution in [2.75, 3.05) is 5.73 Å². The average Bonchev–Trinajstić information content (AvgIpc) is 2.60. The molecule has 1 aromatic carbocycles. The summed E-state index contributed by atoms with van der Waals surface area (Å²) in [6.45, 7) is 4.35. The van der Waals surface area contributed by atoms with E-state index in [9.17, 15) is 0 Å². The molecular formula is C20H24N4. The van der Waals surface area contributed by atoms with Crippen molar-refractivity contribution in [2.45, 2.75) is 46.0 Å². The van der Waals surface area contributed by atoms with Crippen LogP contribution in [0.4, 0.5) is 5.95 Å². The molecule has 0 bridgehead atoms. The molecule has 0 aliphatic rings. The topological polar surface area (TPSA) is 64.7 Å². The first-order valence-electron chi connectivity index (χ1n) is 8.73. The van der Waals surface area contributed by atoms with E-state index < -0.39 is 0 Å². The van der Waals surface area contributed by atoms with E-state index in [1.807, 2.05) is 12.1 Å². The van der Waals surface area contributed by atoms with Crippen molar-refractivity contribution in [1.82, 2.24) is 15.0 Å². The predicted octanol–water partition coefficient (Wildman–Crippen LogP) is 4.57. The summed E-state index contributed by atoms with van der Waals surface area (Å²) in [5.74, 6) is 0.320. The predicted molar refractivity (Wildman–Crippen MR) is 99.8 cm³/mol. The fourth-order valence-corrected chi connectivity index (χ4v) is 2.89. The van der Waals surface area contributed by atoms with Gasteiger partial charge in [-0.15, -0.1) is 0 Å². The number of unbranched alkanes of at least 4 members (excludes halogenated alkanes) is 1. The molecule has 2 aromatic heterocycles. The van der Waals surface area contributed by atoms with Crippen LogP contribution in [0.1, 0.15) is 44.4 Å². The largest absolute Gasteiger partial charge is 0.368 e. The normalized spacial score (nSPS) is 11.1. The monoisotopic (exact) mass is 320 g/mol. The number of hydrogen-bond donors (Lipinski definition) is 1. The molecule has 0 amide bonds. The summed E-state index contributed by atoms with van der Waals surface area (Å²) >= 11 is 0. The lowest BCUT2D eigenvalue weighted by atomic mass is 10.0. The molecule has 24 heavy (non-hydrogen) atoms. The fourth-order valence-electron chi connectivity index (χ4n) is 2.89. The number of aromatic nitrogens is 3. The van der Waals surface area contributed by atoms with Crippen molar-refractivity contribution in [3.05, 3.63) is 47.7 Å². The van der Waals surface area contributed by atoms with Crippen molar-refractivity contribution in [3.8, 4) is 11.3 Å². The number of benzene rings is 1. The minimum atomic E-state index is 0.320. The summed E-state index contributed by atoms with van der Waals surface area (Å²) in [5.41, 5.74) is 11.9. The Morgan fingerprint density at radius 3 is 2.33 bits per heavy atom. The Bertz CT molecular complexity index is 825. The maximum absolute atomic E-state index is 5.81. The maximum Gasteiger partial charge on any atom is 0.220 e. The maximum atomic E-state index is 5.81. The van der Waals surface area contributed by atoms with Gasteiger partial charge in [-0.05, 0) is 37.0 Å². The highest BCUT2D eigenvalue weighted by Crippen LogP contribution is 2.23. The van der Waals surface area contributed by atoms with Crippen molar-refractivity contribution in [3.63, 3.8) is 0 Å².